The Kier molecular flexibility index (Phi) is 5.77. The highest BCUT2D eigenvalue weighted by atomic mass is 35.5. The van der Waals surface area contributed by atoms with E-state index in [1.807, 2.05) is 19.1 Å². The molecule has 0 aromatic heterocycles. The quantitative estimate of drug-likeness (QED) is 0.780. The summed E-state index contributed by atoms with van der Waals surface area (Å²) in [6.45, 7) is 4.91. The summed E-state index contributed by atoms with van der Waals surface area (Å²) < 4.78 is 14.2. The summed E-state index contributed by atoms with van der Waals surface area (Å²) in [5.41, 5.74) is 2.84. The number of halogens is 2. The Balaban J connectivity index is 2.46. The average Bonchev–Trinajstić information content (AvgIpc) is 2.47. The van der Waals surface area contributed by atoms with Crippen molar-refractivity contribution >= 4 is 11.6 Å². The van der Waals surface area contributed by atoms with Crippen molar-refractivity contribution in [1.82, 2.24) is 5.32 Å². The third-order valence-corrected chi connectivity index (χ3v) is 3.85. The molecule has 0 bridgehead atoms. The number of benzene rings is 2. The van der Waals surface area contributed by atoms with Crippen molar-refractivity contribution in [3.63, 3.8) is 0 Å². The van der Waals surface area contributed by atoms with Crippen LogP contribution in [0.25, 0.3) is 0 Å². The van der Waals surface area contributed by atoms with E-state index in [1.165, 1.54) is 11.6 Å². The molecule has 1 atom stereocenters. The van der Waals surface area contributed by atoms with Gasteiger partial charge in [-0.25, -0.2) is 4.39 Å². The number of hydrogen-bond acceptors (Lipinski definition) is 1. The highest BCUT2D eigenvalue weighted by Gasteiger charge is 2.20. The van der Waals surface area contributed by atoms with Gasteiger partial charge in [0.25, 0.3) is 0 Å². The van der Waals surface area contributed by atoms with Gasteiger partial charge in [-0.3, -0.25) is 0 Å². The molecule has 21 heavy (non-hydrogen) atoms. The molecule has 0 saturated carbocycles. The van der Waals surface area contributed by atoms with E-state index in [2.05, 4.69) is 24.4 Å². The van der Waals surface area contributed by atoms with Gasteiger partial charge in [0.15, 0.2) is 0 Å². The fourth-order valence-corrected chi connectivity index (χ4v) is 2.87. The molecule has 0 heterocycles. The maximum Gasteiger partial charge on any atom is 0.129 e. The molecule has 2 rings (SSSR count). The number of rotatable bonds is 6. The lowest BCUT2D eigenvalue weighted by molar-refractivity contribution is 0.559. The monoisotopic (exact) mass is 305 g/mol. The van der Waals surface area contributed by atoms with Crippen LogP contribution in [0, 0.1) is 5.82 Å². The zero-order valence-electron chi connectivity index (χ0n) is 12.5. The minimum Gasteiger partial charge on any atom is -0.306 e. The van der Waals surface area contributed by atoms with Crippen molar-refractivity contribution < 1.29 is 4.39 Å². The Hall–Kier alpha value is -1.38. The summed E-state index contributed by atoms with van der Waals surface area (Å²) >= 11 is 6.23. The molecule has 0 fully saturated rings. The molecule has 1 unspecified atom stereocenters. The molecule has 1 N–H and O–H groups in total. The van der Waals surface area contributed by atoms with E-state index >= 15 is 0 Å². The Labute approximate surface area is 131 Å². The van der Waals surface area contributed by atoms with Gasteiger partial charge in [-0.05, 0) is 36.2 Å². The van der Waals surface area contributed by atoms with E-state index in [1.54, 1.807) is 12.1 Å². The molecule has 0 radical (unpaired) electrons. The second-order valence-electron chi connectivity index (χ2n) is 5.12. The van der Waals surface area contributed by atoms with Crippen molar-refractivity contribution in [2.45, 2.75) is 32.7 Å². The molecule has 2 aromatic rings. The van der Waals surface area contributed by atoms with Crippen molar-refractivity contribution in [3.8, 4) is 0 Å². The van der Waals surface area contributed by atoms with Crippen LogP contribution >= 0.6 is 11.6 Å². The first-order valence-electron chi connectivity index (χ1n) is 7.43. The van der Waals surface area contributed by atoms with E-state index < -0.39 is 0 Å². The average molecular weight is 306 g/mol. The van der Waals surface area contributed by atoms with Crippen LogP contribution in [-0.2, 0) is 6.42 Å². The summed E-state index contributed by atoms with van der Waals surface area (Å²) in [5.74, 6) is -0.269. The predicted octanol–water partition coefficient (Wildman–Crippen LogP) is 5.13. The van der Waals surface area contributed by atoms with Crippen LogP contribution in [0.5, 0.6) is 0 Å². The molecular formula is C18H21ClFN. The van der Waals surface area contributed by atoms with Crippen LogP contribution in [0.4, 0.5) is 4.39 Å². The van der Waals surface area contributed by atoms with Gasteiger partial charge in [0.05, 0.1) is 6.04 Å². The zero-order chi connectivity index (χ0) is 15.2. The van der Waals surface area contributed by atoms with E-state index in [-0.39, 0.29) is 11.9 Å². The molecule has 0 aliphatic rings. The Morgan fingerprint density at radius 3 is 2.57 bits per heavy atom. The summed E-state index contributed by atoms with van der Waals surface area (Å²) in [5, 5.41) is 3.80. The van der Waals surface area contributed by atoms with Gasteiger partial charge >= 0.3 is 0 Å². The Morgan fingerprint density at radius 2 is 1.90 bits per heavy atom. The maximum atomic E-state index is 14.2. The van der Waals surface area contributed by atoms with Gasteiger partial charge < -0.3 is 5.32 Å². The normalized spacial score (nSPS) is 12.4. The lowest BCUT2D eigenvalue weighted by Crippen LogP contribution is -2.23. The maximum absolute atomic E-state index is 14.2. The van der Waals surface area contributed by atoms with Crippen LogP contribution < -0.4 is 5.32 Å². The minimum atomic E-state index is -0.269. The molecule has 0 aliphatic carbocycles. The number of hydrogen-bond donors (Lipinski definition) is 1. The third-order valence-electron chi connectivity index (χ3n) is 3.52. The SMILES string of the molecule is CCCc1cccc(C(NCC)c2c(F)cccc2Cl)c1. The van der Waals surface area contributed by atoms with Crippen LogP contribution in [0.15, 0.2) is 42.5 Å². The van der Waals surface area contributed by atoms with Crippen LogP contribution in [-0.4, -0.2) is 6.54 Å². The third kappa shape index (κ3) is 3.84. The van der Waals surface area contributed by atoms with Crippen LogP contribution in [0.1, 0.15) is 43.0 Å². The van der Waals surface area contributed by atoms with E-state index in [4.69, 9.17) is 11.6 Å². The van der Waals surface area contributed by atoms with Gasteiger partial charge in [-0.15, -0.1) is 0 Å². The number of nitrogens with one attached hydrogen (secondary N) is 1. The van der Waals surface area contributed by atoms with E-state index in [9.17, 15) is 4.39 Å². The largest absolute Gasteiger partial charge is 0.306 e. The predicted molar refractivity (Wildman–Crippen MR) is 87.4 cm³/mol. The van der Waals surface area contributed by atoms with E-state index in [0.29, 0.717) is 10.6 Å². The van der Waals surface area contributed by atoms with Gasteiger partial charge in [0, 0.05) is 10.6 Å². The Morgan fingerprint density at radius 1 is 1.14 bits per heavy atom. The van der Waals surface area contributed by atoms with Gasteiger partial charge in [0.1, 0.15) is 5.82 Å². The Bertz CT molecular complexity index is 577. The van der Waals surface area contributed by atoms with Crippen molar-refractivity contribution in [2.24, 2.45) is 0 Å². The lowest BCUT2D eigenvalue weighted by atomic mass is 9.95. The fourth-order valence-electron chi connectivity index (χ4n) is 2.59. The second-order valence-corrected chi connectivity index (χ2v) is 5.53. The first-order valence-corrected chi connectivity index (χ1v) is 7.81. The molecule has 0 aliphatic heterocycles. The fraction of sp³-hybridized carbons (Fsp3) is 0.333. The highest BCUT2D eigenvalue weighted by Crippen LogP contribution is 2.31. The molecular weight excluding hydrogens is 285 g/mol. The topological polar surface area (TPSA) is 12.0 Å². The van der Waals surface area contributed by atoms with Crippen molar-refractivity contribution in [2.75, 3.05) is 6.54 Å². The van der Waals surface area contributed by atoms with Gasteiger partial charge in [-0.2, -0.15) is 0 Å². The first kappa shape index (κ1) is 16.0. The number of aryl methyl sites for hydroxylation is 1. The molecule has 0 amide bonds. The summed E-state index contributed by atoms with van der Waals surface area (Å²) in [6, 6.07) is 12.9. The molecule has 0 spiro atoms. The summed E-state index contributed by atoms with van der Waals surface area (Å²) in [4.78, 5) is 0. The lowest BCUT2D eigenvalue weighted by Gasteiger charge is -2.21. The van der Waals surface area contributed by atoms with Crippen molar-refractivity contribution in [3.05, 3.63) is 70.0 Å². The molecule has 1 nitrogen and oxygen atoms in total. The van der Waals surface area contributed by atoms with Crippen LogP contribution in [0.2, 0.25) is 5.02 Å². The zero-order valence-corrected chi connectivity index (χ0v) is 13.3. The highest BCUT2D eigenvalue weighted by molar-refractivity contribution is 6.31. The summed E-state index contributed by atoms with van der Waals surface area (Å²) in [6.07, 6.45) is 2.12. The standard InChI is InChI=1S/C18H21ClFN/c1-3-7-13-8-5-9-14(12-13)18(21-4-2)17-15(19)10-6-11-16(17)20/h5-6,8-12,18,21H,3-4,7H2,1-2H3. The smallest absolute Gasteiger partial charge is 0.129 e. The molecule has 2 aromatic carbocycles. The molecule has 3 heteroatoms. The minimum absolute atomic E-state index is 0.222. The molecule has 0 saturated heterocycles. The second kappa shape index (κ2) is 7.58. The van der Waals surface area contributed by atoms with Crippen LogP contribution in [0.3, 0.4) is 0 Å². The molecule has 112 valence electrons. The van der Waals surface area contributed by atoms with Gasteiger partial charge in [-0.1, -0.05) is 62.2 Å². The van der Waals surface area contributed by atoms with E-state index in [0.717, 1.165) is 24.9 Å². The van der Waals surface area contributed by atoms with Crippen molar-refractivity contribution in [1.29, 1.82) is 0 Å². The van der Waals surface area contributed by atoms with Gasteiger partial charge in [0.2, 0.25) is 0 Å². The summed E-state index contributed by atoms with van der Waals surface area (Å²) in [7, 11) is 0. The first-order chi connectivity index (χ1) is 10.2.